The molecule has 2 N–H and O–H groups in total. The smallest absolute Gasteiger partial charge is 0.222 e. The molecule has 138 valence electrons. The number of nitrogens with two attached hydrogens (primary N) is 1. The van der Waals surface area contributed by atoms with Gasteiger partial charge in [0.05, 0.1) is 18.0 Å². The number of anilines is 3. The van der Waals surface area contributed by atoms with Gasteiger partial charge in [0.15, 0.2) is 0 Å². The average molecular weight is 355 g/mol. The highest BCUT2D eigenvalue weighted by Crippen LogP contribution is 2.29. The van der Waals surface area contributed by atoms with Gasteiger partial charge < -0.3 is 20.3 Å². The fraction of sp³-hybridized carbons (Fsp3) is 0.556. The van der Waals surface area contributed by atoms with Gasteiger partial charge in [-0.15, -0.1) is 0 Å². The van der Waals surface area contributed by atoms with Crippen LogP contribution in [0.25, 0.3) is 0 Å². The normalized spacial score (nSPS) is 18.5. The summed E-state index contributed by atoms with van der Waals surface area (Å²) in [6, 6.07) is 0. The molecule has 2 aliphatic heterocycles. The first-order chi connectivity index (χ1) is 12.7. The second-order valence-electron chi connectivity index (χ2n) is 6.80. The number of piperidine rings is 1. The number of ether oxygens (including phenoxy) is 1. The zero-order chi connectivity index (χ0) is 17.9. The van der Waals surface area contributed by atoms with Gasteiger partial charge in [-0.3, -0.25) is 4.98 Å². The highest BCUT2D eigenvalue weighted by molar-refractivity contribution is 5.54. The zero-order valence-corrected chi connectivity index (χ0v) is 15.1. The summed E-state index contributed by atoms with van der Waals surface area (Å²) in [7, 11) is 1.79. The highest BCUT2D eigenvalue weighted by atomic mass is 16.5. The molecule has 0 aliphatic carbocycles. The van der Waals surface area contributed by atoms with E-state index in [-0.39, 0.29) is 0 Å². The van der Waals surface area contributed by atoms with Crippen LogP contribution in [0.2, 0.25) is 0 Å². The summed E-state index contributed by atoms with van der Waals surface area (Å²) < 4.78 is 5.49. The van der Waals surface area contributed by atoms with Gasteiger partial charge in [-0.1, -0.05) is 0 Å². The average Bonchev–Trinajstić information content (AvgIpc) is 2.91. The molecule has 0 unspecified atom stereocenters. The number of nitrogen functional groups attached to an aromatic ring is 1. The Morgan fingerprint density at radius 3 is 2.58 bits per heavy atom. The fourth-order valence-electron chi connectivity index (χ4n) is 3.85. The number of nitrogens with zero attached hydrogens (tertiary/aromatic N) is 6. The van der Waals surface area contributed by atoms with Crippen LogP contribution in [-0.2, 0) is 17.6 Å². The van der Waals surface area contributed by atoms with Crippen LogP contribution in [0.15, 0.2) is 18.6 Å². The lowest BCUT2D eigenvalue weighted by Crippen LogP contribution is -2.38. The van der Waals surface area contributed by atoms with Crippen molar-refractivity contribution in [3.63, 3.8) is 0 Å². The van der Waals surface area contributed by atoms with E-state index in [4.69, 9.17) is 10.5 Å². The van der Waals surface area contributed by atoms with Crippen molar-refractivity contribution in [3.05, 3.63) is 29.8 Å². The number of methoxy groups -OCH3 is 1. The molecule has 0 atom stereocenters. The molecule has 0 spiro atoms. The molecule has 8 nitrogen and oxygen atoms in total. The maximum atomic E-state index is 6.03. The molecule has 0 radical (unpaired) electrons. The van der Waals surface area contributed by atoms with E-state index in [0.29, 0.717) is 12.1 Å². The molecule has 2 aromatic rings. The molecule has 8 heteroatoms. The Balaban J connectivity index is 1.58. The van der Waals surface area contributed by atoms with Crippen LogP contribution in [0.1, 0.15) is 24.1 Å². The Kier molecular flexibility index (Phi) is 4.83. The third kappa shape index (κ3) is 3.41. The summed E-state index contributed by atoms with van der Waals surface area (Å²) in [6.07, 6.45) is 9.33. The van der Waals surface area contributed by atoms with E-state index in [9.17, 15) is 0 Å². The maximum absolute atomic E-state index is 6.03. The lowest BCUT2D eigenvalue weighted by atomic mass is 10.0. The Morgan fingerprint density at radius 1 is 1.04 bits per heavy atom. The van der Waals surface area contributed by atoms with Crippen LogP contribution >= 0.6 is 0 Å². The Bertz CT molecular complexity index is 747. The Labute approximate surface area is 153 Å². The van der Waals surface area contributed by atoms with Gasteiger partial charge >= 0.3 is 0 Å². The molecule has 4 heterocycles. The number of fused-ring (bicyclic) bond motifs is 1. The van der Waals surface area contributed by atoms with Crippen LogP contribution in [0.5, 0.6) is 0 Å². The van der Waals surface area contributed by atoms with Gasteiger partial charge in [-0.2, -0.15) is 4.98 Å². The lowest BCUT2D eigenvalue weighted by Gasteiger charge is -2.33. The van der Waals surface area contributed by atoms with Gasteiger partial charge in [0.25, 0.3) is 0 Å². The molecule has 1 saturated heterocycles. The van der Waals surface area contributed by atoms with Crippen molar-refractivity contribution in [2.24, 2.45) is 0 Å². The monoisotopic (exact) mass is 355 g/mol. The van der Waals surface area contributed by atoms with Gasteiger partial charge in [0, 0.05) is 57.7 Å². The minimum atomic E-state index is 0.344. The van der Waals surface area contributed by atoms with E-state index in [1.165, 1.54) is 5.56 Å². The predicted octanol–water partition coefficient (Wildman–Crippen LogP) is 1.07. The second-order valence-corrected chi connectivity index (χ2v) is 6.80. The van der Waals surface area contributed by atoms with Crippen molar-refractivity contribution in [1.82, 2.24) is 19.9 Å². The molecule has 1 fully saturated rings. The first kappa shape index (κ1) is 17.0. The van der Waals surface area contributed by atoms with Crippen LogP contribution < -0.4 is 15.5 Å². The fourth-order valence-corrected chi connectivity index (χ4v) is 3.85. The summed E-state index contributed by atoms with van der Waals surface area (Å²) in [4.78, 5) is 22.4. The molecule has 26 heavy (non-hydrogen) atoms. The molecular weight excluding hydrogens is 330 g/mol. The Morgan fingerprint density at radius 2 is 1.85 bits per heavy atom. The van der Waals surface area contributed by atoms with Crippen molar-refractivity contribution in [1.29, 1.82) is 0 Å². The van der Waals surface area contributed by atoms with Crippen molar-refractivity contribution < 1.29 is 4.74 Å². The summed E-state index contributed by atoms with van der Waals surface area (Å²) in [5.74, 6) is 2.27. The van der Waals surface area contributed by atoms with Crippen LogP contribution in [0.3, 0.4) is 0 Å². The Hall–Kier alpha value is -2.48. The van der Waals surface area contributed by atoms with Crippen LogP contribution in [0, 0.1) is 0 Å². The van der Waals surface area contributed by atoms with Crippen LogP contribution in [-0.4, -0.2) is 59.3 Å². The summed E-state index contributed by atoms with van der Waals surface area (Å²) in [5, 5.41) is 0. The van der Waals surface area contributed by atoms with E-state index in [1.807, 2.05) is 6.20 Å². The number of hydrogen-bond acceptors (Lipinski definition) is 8. The SMILES string of the molecule is COC1CCN(c2nc(N)nc3c2CCN(c2cnccn2)CC3)CC1. The molecule has 0 aromatic carbocycles. The first-order valence-electron chi connectivity index (χ1n) is 9.18. The third-order valence-electron chi connectivity index (χ3n) is 5.29. The lowest BCUT2D eigenvalue weighted by molar-refractivity contribution is 0.0817. The van der Waals surface area contributed by atoms with Gasteiger partial charge in [0.2, 0.25) is 5.95 Å². The predicted molar refractivity (Wildman–Crippen MR) is 100 cm³/mol. The molecule has 0 amide bonds. The van der Waals surface area contributed by atoms with Gasteiger partial charge in [0.1, 0.15) is 11.6 Å². The molecule has 0 bridgehead atoms. The van der Waals surface area contributed by atoms with Gasteiger partial charge in [-0.05, 0) is 19.3 Å². The minimum absolute atomic E-state index is 0.344. The zero-order valence-electron chi connectivity index (χ0n) is 15.1. The van der Waals surface area contributed by atoms with E-state index >= 15 is 0 Å². The summed E-state index contributed by atoms with van der Waals surface area (Å²) >= 11 is 0. The minimum Gasteiger partial charge on any atom is -0.381 e. The highest BCUT2D eigenvalue weighted by Gasteiger charge is 2.26. The quantitative estimate of drug-likeness (QED) is 0.874. The van der Waals surface area contributed by atoms with Crippen LogP contribution in [0.4, 0.5) is 17.6 Å². The molecule has 0 saturated carbocycles. The standard InChI is InChI=1S/C18H25N7O/c1-26-13-2-8-25(9-3-13)17-14-4-10-24(16-12-20-6-7-21-16)11-5-15(14)22-18(19)23-17/h6-7,12-13H,2-5,8-11H2,1H3,(H2,19,22,23). The summed E-state index contributed by atoms with van der Waals surface area (Å²) in [6.45, 7) is 3.61. The van der Waals surface area contributed by atoms with E-state index in [1.54, 1.807) is 19.5 Å². The molecule has 4 rings (SSSR count). The topological polar surface area (TPSA) is 93.3 Å². The number of aromatic nitrogens is 4. The third-order valence-corrected chi connectivity index (χ3v) is 5.29. The molecular formula is C18H25N7O. The van der Waals surface area contributed by atoms with Gasteiger partial charge in [-0.25, -0.2) is 9.97 Å². The van der Waals surface area contributed by atoms with Crippen molar-refractivity contribution >= 4 is 17.6 Å². The van der Waals surface area contributed by atoms with Crippen molar-refractivity contribution in [3.8, 4) is 0 Å². The second kappa shape index (κ2) is 7.41. The molecule has 2 aliphatic rings. The van der Waals surface area contributed by atoms with E-state index < -0.39 is 0 Å². The maximum Gasteiger partial charge on any atom is 0.222 e. The summed E-state index contributed by atoms with van der Waals surface area (Å²) in [5.41, 5.74) is 8.32. The number of rotatable bonds is 3. The van der Waals surface area contributed by atoms with E-state index in [2.05, 4.69) is 29.7 Å². The molecule has 2 aromatic heterocycles. The first-order valence-corrected chi connectivity index (χ1v) is 9.18. The van der Waals surface area contributed by atoms with Crippen molar-refractivity contribution in [2.45, 2.75) is 31.8 Å². The number of hydrogen-bond donors (Lipinski definition) is 1. The van der Waals surface area contributed by atoms with E-state index in [0.717, 1.165) is 69.2 Å². The largest absolute Gasteiger partial charge is 0.381 e. The van der Waals surface area contributed by atoms with Crippen molar-refractivity contribution in [2.75, 3.05) is 48.8 Å².